The van der Waals surface area contributed by atoms with Crippen LogP contribution < -0.4 is 14.4 Å². The van der Waals surface area contributed by atoms with E-state index in [1.54, 1.807) is 41.9 Å². The van der Waals surface area contributed by atoms with E-state index in [1.165, 1.54) is 19.3 Å². The van der Waals surface area contributed by atoms with Crippen molar-refractivity contribution >= 4 is 28.4 Å². The Hall–Kier alpha value is -5.57. The van der Waals surface area contributed by atoms with E-state index in [-0.39, 0.29) is 22.9 Å². The van der Waals surface area contributed by atoms with Gasteiger partial charge in [0, 0.05) is 64.3 Å². The number of aryl methyl sites for hydroxylation is 1. The van der Waals surface area contributed by atoms with Gasteiger partial charge in [0.05, 0.1) is 29.4 Å². The Morgan fingerprint density at radius 3 is 2.23 bits per heavy atom. The smallest absolute Gasteiger partial charge is 0.393 e. The van der Waals surface area contributed by atoms with Crippen molar-refractivity contribution in [2.24, 2.45) is 7.05 Å². The molecule has 1 aliphatic heterocycles. The molecule has 3 heterocycles. The van der Waals surface area contributed by atoms with E-state index in [2.05, 4.69) is 9.88 Å². The first-order valence-electron chi connectivity index (χ1n) is 16.6. The fraction of sp³-hybridized carbons (Fsp3) is 0.289. The first-order valence-corrected chi connectivity index (χ1v) is 16.6. The van der Waals surface area contributed by atoms with Gasteiger partial charge in [-0.2, -0.15) is 13.2 Å². The second-order valence-corrected chi connectivity index (χ2v) is 12.7. The third-order valence-corrected chi connectivity index (χ3v) is 8.90. The van der Waals surface area contributed by atoms with Gasteiger partial charge in [-0.25, -0.2) is 18.2 Å². The lowest BCUT2D eigenvalue weighted by Gasteiger charge is -2.34. The summed E-state index contributed by atoms with van der Waals surface area (Å²) in [5.41, 5.74) is 1.93. The summed E-state index contributed by atoms with van der Waals surface area (Å²) in [4.78, 5) is 35.9. The highest BCUT2D eigenvalue weighted by atomic mass is 19.4. The second-order valence-electron chi connectivity index (χ2n) is 12.7. The number of piperazine rings is 1. The Labute approximate surface area is 300 Å². The first-order chi connectivity index (χ1) is 25.2. The van der Waals surface area contributed by atoms with Gasteiger partial charge >= 0.3 is 6.18 Å². The summed E-state index contributed by atoms with van der Waals surface area (Å²) in [5, 5.41) is 0.838. The summed E-state index contributed by atoms with van der Waals surface area (Å²) >= 11 is 0. The van der Waals surface area contributed by atoms with Gasteiger partial charge in [0.25, 0.3) is 18.2 Å². The molecule has 0 saturated carbocycles. The highest BCUT2D eigenvalue weighted by Gasteiger charge is 2.29. The van der Waals surface area contributed by atoms with E-state index in [0.29, 0.717) is 61.7 Å². The molecule has 0 unspecified atom stereocenters. The number of halogens is 6. The van der Waals surface area contributed by atoms with Crippen molar-refractivity contribution in [3.8, 4) is 17.4 Å². The standard InChI is InChI=1S/C38H35F6N5O4/c1-46(36(50)30-11-5-25(17-31(30)39)20-38(42,43)44)27-7-12-35(45-21-27)53-29-10-6-26-18-33(47(2)32(26)19-29)37(51)49-15-13-48(14-16-49)22-24-3-8-28(9-4-24)52-23-34(40)41/h3-12,17-19,21,34H,13-16,20,22-23H2,1-2H3. The van der Waals surface area contributed by atoms with E-state index in [1.807, 2.05) is 29.2 Å². The molecule has 0 aliphatic carbocycles. The summed E-state index contributed by atoms with van der Waals surface area (Å²) in [7, 11) is 3.20. The average molecular weight is 740 g/mol. The number of fused-ring (bicyclic) bond motifs is 1. The third kappa shape index (κ3) is 9.09. The quantitative estimate of drug-likeness (QED) is 0.131. The van der Waals surface area contributed by atoms with Crippen molar-refractivity contribution in [2.75, 3.05) is 44.7 Å². The normalized spacial score (nSPS) is 13.8. The van der Waals surface area contributed by atoms with Crippen LogP contribution in [-0.4, -0.2) is 83.6 Å². The summed E-state index contributed by atoms with van der Waals surface area (Å²) < 4.78 is 90.2. The molecule has 1 fully saturated rings. The zero-order valence-corrected chi connectivity index (χ0v) is 28.7. The maximum Gasteiger partial charge on any atom is 0.393 e. The SMILES string of the molecule is CN(C(=O)c1ccc(CC(F)(F)F)cc1F)c1ccc(Oc2ccc3cc(C(=O)N4CCN(Cc5ccc(OCC(F)F)cc5)CC4)n(C)c3c2)nc1. The molecule has 0 atom stereocenters. The maximum absolute atomic E-state index is 14.6. The van der Waals surface area contributed by atoms with Crippen LogP contribution in [0.25, 0.3) is 10.9 Å². The number of hydrogen-bond donors (Lipinski definition) is 0. The Bertz CT molecular complexity index is 2080. The maximum atomic E-state index is 14.6. The van der Waals surface area contributed by atoms with Crippen LogP contribution in [0.3, 0.4) is 0 Å². The van der Waals surface area contributed by atoms with E-state index in [4.69, 9.17) is 9.47 Å². The van der Waals surface area contributed by atoms with E-state index in [0.717, 1.165) is 33.5 Å². The number of benzene rings is 3. The number of rotatable bonds is 11. The number of nitrogens with zero attached hydrogens (tertiary/aromatic N) is 5. The number of aromatic nitrogens is 2. The monoisotopic (exact) mass is 739 g/mol. The van der Waals surface area contributed by atoms with Crippen molar-refractivity contribution in [1.82, 2.24) is 19.4 Å². The molecule has 0 bridgehead atoms. The molecule has 6 rings (SSSR count). The number of pyridine rings is 1. The number of carbonyl (C=O) groups excluding carboxylic acids is 2. The molecule has 5 aromatic rings. The van der Waals surface area contributed by atoms with Crippen molar-refractivity contribution in [1.29, 1.82) is 0 Å². The van der Waals surface area contributed by atoms with Crippen LogP contribution in [0.2, 0.25) is 0 Å². The van der Waals surface area contributed by atoms with E-state index < -0.39 is 37.4 Å². The van der Waals surface area contributed by atoms with Crippen LogP contribution in [-0.2, 0) is 20.0 Å². The predicted octanol–water partition coefficient (Wildman–Crippen LogP) is 7.49. The summed E-state index contributed by atoms with van der Waals surface area (Å²) in [5.74, 6) is -0.870. The average Bonchev–Trinajstić information content (AvgIpc) is 3.45. The first kappa shape index (κ1) is 37.2. The van der Waals surface area contributed by atoms with Crippen molar-refractivity contribution < 1.29 is 45.4 Å². The Morgan fingerprint density at radius 1 is 0.887 bits per heavy atom. The molecule has 2 aromatic heterocycles. The van der Waals surface area contributed by atoms with Gasteiger partial charge in [0.1, 0.15) is 29.6 Å². The van der Waals surface area contributed by atoms with Crippen LogP contribution in [0.4, 0.5) is 32.0 Å². The Morgan fingerprint density at radius 2 is 1.58 bits per heavy atom. The van der Waals surface area contributed by atoms with Gasteiger partial charge in [0.15, 0.2) is 0 Å². The predicted molar refractivity (Wildman–Crippen MR) is 185 cm³/mol. The molecule has 0 radical (unpaired) electrons. The van der Waals surface area contributed by atoms with Crippen LogP contribution >= 0.6 is 0 Å². The van der Waals surface area contributed by atoms with Crippen LogP contribution in [0, 0.1) is 5.82 Å². The highest BCUT2D eigenvalue weighted by molar-refractivity contribution is 6.06. The Balaban J connectivity index is 1.04. The van der Waals surface area contributed by atoms with E-state index in [9.17, 15) is 35.9 Å². The third-order valence-electron chi connectivity index (χ3n) is 8.90. The lowest BCUT2D eigenvalue weighted by Crippen LogP contribution is -2.48. The number of carbonyl (C=O) groups is 2. The minimum Gasteiger partial charge on any atom is -0.488 e. The number of amides is 2. The highest BCUT2D eigenvalue weighted by Crippen LogP contribution is 2.29. The molecule has 0 spiro atoms. The Kier molecular flexibility index (Phi) is 10.9. The molecule has 1 aliphatic rings. The molecule has 53 heavy (non-hydrogen) atoms. The molecule has 2 amide bonds. The van der Waals surface area contributed by atoms with Crippen LogP contribution in [0.1, 0.15) is 32.0 Å². The fourth-order valence-corrected chi connectivity index (χ4v) is 6.08. The topological polar surface area (TPSA) is 80.1 Å². The number of hydrogen-bond acceptors (Lipinski definition) is 6. The molecule has 9 nitrogen and oxygen atoms in total. The molecule has 15 heteroatoms. The van der Waals surface area contributed by atoms with Crippen molar-refractivity contribution in [3.05, 3.63) is 113 Å². The van der Waals surface area contributed by atoms with Crippen LogP contribution in [0.5, 0.6) is 17.4 Å². The molecule has 278 valence electrons. The molecular weight excluding hydrogens is 704 g/mol. The second kappa shape index (κ2) is 15.6. The molecule has 3 aromatic carbocycles. The van der Waals surface area contributed by atoms with Gasteiger partial charge in [0.2, 0.25) is 5.88 Å². The zero-order chi connectivity index (χ0) is 37.9. The van der Waals surface area contributed by atoms with Gasteiger partial charge in [-0.1, -0.05) is 18.2 Å². The molecule has 0 N–H and O–H groups in total. The lowest BCUT2D eigenvalue weighted by molar-refractivity contribution is -0.127. The minimum absolute atomic E-state index is 0.0978. The summed E-state index contributed by atoms with van der Waals surface area (Å²) in [6, 6.07) is 20.1. The zero-order valence-electron chi connectivity index (χ0n) is 28.7. The van der Waals surface area contributed by atoms with Gasteiger partial charge in [-0.15, -0.1) is 0 Å². The van der Waals surface area contributed by atoms with Gasteiger partial charge in [-0.05, 0) is 59.7 Å². The van der Waals surface area contributed by atoms with Gasteiger partial charge < -0.3 is 23.8 Å². The van der Waals surface area contributed by atoms with E-state index >= 15 is 0 Å². The molecular formula is C38H35F6N5O4. The lowest BCUT2D eigenvalue weighted by atomic mass is 10.1. The largest absolute Gasteiger partial charge is 0.488 e. The summed E-state index contributed by atoms with van der Waals surface area (Å²) in [6.45, 7) is 2.42. The fourth-order valence-electron chi connectivity index (χ4n) is 6.08. The van der Waals surface area contributed by atoms with Crippen molar-refractivity contribution in [3.63, 3.8) is 0 Å². The number of anilines is 1. The van der Waals surface area contributed by atoms with Crippen LogP contribution in [0.15, 0.2) is 85.1 Å². The minimum atomic E-state index is -4.50. The number of ether oxygens (including phenoxy) is 2. The molecule has 1 saturated heterocycles. The van der Waals surface area contributed by atoms with Gasteiger partial charge in [-0.3, -0.25) is 14.5 Å². The summed E-state index contributed by atoms with van der Waals surface area (Å²) in [6.07, 6.45) is -6.99. The number of alkyl halides is 5. The van der Waals surface area contributed by atoms with Crippen molar-refractivity contribution in [2.45, 2.75) is 25.6 Å².